The van der Waals surface area contributed by atoms with Gasteiger partial charge in [-0.05, 0) is 57.4 Å². The van der Waals surface area contributed by atoms with E-state index in [4.69, 9.17) is 10.5 Å². The first-order valence-electron chi connectivity index (χ1n) is 6.76. The maximum Gasteiger partial charge on any atom is 0.412 e. The van der Waals surface area contributed by atoms with Gasteiger partial charge in [-0.25, -0.2) is 9.18 Å². The molecular weight excluding hydrogens is 259 g/mol. The van der Waals surface area contributed by atoms with Crippen LogP contribution in [0, 0.1) is 5.82 Å². The fourth-order valence-corrected chi connectivity index (χ4v) is 2.21. The van der Waals surface area contributed by atoms with E-state index in [9.17, 15) is 9.18 Å². The first-order chi connectivity index (χ1) is 9.26. The monoisotopic (exact) mass is 280 g/mol. The van der Waals surface area contributed by atoms with Crippen molar-refractivity contribution in [3.63, 3.8) is 0 Å². The van der Waals surface area contributed by atoms with Crippen molar-refractivity contribution in [2.45, 2.75) is 44.6 Å². The third-order valence-corrected chi connectivity index (χ3v) is 3.43. The van der Waals surface area contributed by atoms with Gasteiger partial charge in [0, 0.05) is 17.6 Å². The van der Waals surface area contributed by atoms with Crippen LogP contribution < -0.4 is 11.1 Å². The summed E-state index contributed by atoms with van der Waals surface area (Å²) >= 11 is 0. The van der Waals surface area contributed by atoms with Crippen molar-refractivity contribution < 1.29 is 13.9 Å². The first-order valence-corrected chi connectivity index (χ1v) is 6.76. The molecule has 0 saturated heterocycles. The number of carbonyl (C=O) groups excluding carboxylic acids is 1. The number of hydrogen-bond donors (Lipinski definition) is 2. The summed E-state index contributed by atoms with van der Waals surface area (Å²) in [5, 5.41) is 2.69. The van der Waals surface area contributed by atoms with Crippen molar-refractivity contribution in [2.24, 2.45) is 5.73 Å². The van der Waals surface area contributed by atoms with Crippen molar-refractivity contribution in [1.29, 1.82) is 0 Å². The molecule has 0 atom stereocenters. The minimum Gasteiger partial charge on any atom is -0.444 e. The molecule has 4 nitrogen and oxygen atoms in total. The largest absolute Gasteiger partial charge is 0.444 e. The van der Waals surface area contributed by atoms with Crippen LogP contribution in [0.3, 0.4) is 0 Å². The molecule has 1 aromatic carbocycles. The highest BCUT2D eigenvalue weighted by Gasteiger charge is 2.44. The number of benzene rings is 1. The van der Waals surface area contributed by atoms with Gasteiger partial charge in [0.05, 0.1) is 0 Å². The van der Waals surface area contributed by atoms with Crippen LogP contribution in [0.5, 0.6) is 0 Å². The van der Waals surface area contributed by atoms with Crippen molar-refractivity contribution in [2.75, 3.05) is 11.9 Å². The van der Waals surface area contributed by atoms with E-state index in [1.165, 1.54) is 12.1 Å². The second-order valence-electron chi connectivity index (χ2n) is 6.30. The highest BCUT2D eigenvalue weighted by Crippen LogP contribution is 2.50. The molecular formula is C15H21FN2O2. The third-order valence-electron chi connectivity index (χ3n) is 3.43. The number of ether oxygens (including phenoxy) is 1. The molecule has 1 amide bonds. The maximum absolute atomic E-state index is 13.5. The van der Waals surface area contributed by atoms with E-state index >= 15 is 0 Å². The van der Waals surface area contributed by atoms with Gasteiger partial charge in [-0.1, -0.05) is 0 Å². The van der Waals surface area contributed by atoms with E-state index in [1.54, 1.807) is 26.8 Å². The summed E-state index contributed by atoms with van der Waals surface area (Å²) in [6, 6.07) is 4.33. The van der Waals surface area contributed by atoms with E-state index in [0.717, 1.165) is 18.4 Å². The van der Waals surface area contributed by atoms with E-state index in [0.29, 0.717) is 12.2 Å². The van der Waals surface area contributed by atoms with Crippen LogP contribution >= 0.6 is 0 Å². The molecule has 0 unspecified atom stereocenters. The Kier molecular flexibility index (Phi) is 3.73. The van der Waals surface area contributed by atoms with Gasteiger partial charge in [-0.3, -0.25) is 5.32 Å². The molecule has 3 N–H and O–H groups in total. The summed E-state index contributed by atoms with van der Waals surface area (Å²) < 4.78 is 18.7. The Morgan fingerprint density at radius 3 is 2.60 bits per heavy atom. The Balaban J connectivity index is 2.22. The molecule has 0 aliphatic heterocycles. The van der Waals surface area contributed by atoms with E-state index < -0.39 is 11.7 Å². The van der Waals surface area contributed by atoms with Gasteiger partial charge in [0.25, 0.3) is 0 Å². The number of amides is 1. The van der Waals surface area contributed by atoms with Gasteiger partial charge in [0.1, 0.15) is 11.4 Å². The molecule has 1 aliphatic carbocycles. The number of anilines is 1. The second kappa shape index (κ2) is 5.05. The number of nitrogens with one attached hydrogen (secondary N) is 1. The summed E-state index contributed by atoms with van der Waals surface area (Å²) in [5.74, 6) is -0.325. The molecule has 1 aromatic rings. The van der Waals surface area contributed by atoms with Crippen LogP contribution in [0.15, 0.2) is 18.2 Å². The van der Waals surface area contributed by atoms with Gasteiger partial charge in [-0.2, -0.15) is 0 Å². The number of halogens is 1. The van der Waals surface area contributed by atoms with Crippen molar-refractivity contribution in [3.8, 4) is 0 Å². The lowest BCUT2D eigenvalue weighted by atomic mass is 9.94. The number of nitrogens with two attached hydrogens (primary N) is 1. The SMILES string of the molecule is CC(C)(C)OC(=O)Nc1ccc(F)cc1C1(CN)CC1. The Morgan fingerprint density at radius 1 is 1.45 bits per heavy atom. The van der Waals surface area contributed by atoms with Crippen LogP contribution in [0.25, 0.3) is 0 Å². The molecule has 0 bridgehead atoms. The number of hydrogen-bond acceptors (Lipinski definition) is 3. The molecule has 1 aliphatic rings. The summed E-state index contributed by atoms with van der Waals surface area (Å²) in [5.41, 5.74) is 6.34. The zero-order valence-corrected chi connectivity index (χ0v) is 12.1. The Morgan fingerprint density at radius 2 is 2.10 bits per heavy atom. The summed E-state index contributed by atoms with van der Waals surface area (Å²) in [7, 11) is 0. The van der Waals surface area contributed by atoms with E-state index in [2.05, 4.69) is 5.32 Å². The van der Waals surface area contributed by atoms with Crippen LogP contribution in [-0.4, -0.2) is 18.2 Å². The predicted octanol–water partition coefficient (Wildman–Crippen LogP) is 3.16. The quantitative estimate of drug-likeness (QED) is 0.894. The van der Waals surface area contributed by atoms with Crippen LogP contribution in [0.4, 0.5) is 14.9 Å². The highest BCUT2D eigenvalue weighted by molar-refractivity contribution is 5.86. The van der Waals surface area contributed by atoms with Crippen molar-refractivity contribution in [1.82, 2.24) is 0 Å². The summed E-state index contributed by atoms with van der Waals surface area (Å²) in [6.45, 7) is 5.82. The van der Waals surface area contributed by atoms with Gasteiger partial charge >= 0.3 is 6.09 Å². The molecule has 110 valence electrons. The zero-order valence-electron chi connectivity index (χ0n) is 12.1. The minimum atomic E-state index is -0.574. The topological polar surface area (TPSA) is 64.3 Å². The second-order valence-corrected chi connectivity index (χ2v) is 6.30. The van der Waals surface area contributed by atoms with Crippen LogP contribution in [0.2, 0.25) is 0 Å². The van der Waals surface area contributed by atoms with Crippen LogP contribution in [-0.2, 0) is 10.2 Å². The average Bonchev–Trinajstić information content (AvgIpc) is 3.10. The molecule has 1 fully saturated rings. The third kappa shape index (κ3) is 3.28. The van der Waals surface area contributed by atoms with Crippen molar-refractivity contribution >= 4 is 11.8 Å². The lowest BCUT2D eigenvalue weighted by Gasteiger charge is -2.22. The van der Waals surface area contributed by atoms with Gasteiger partial charge in [0.15, 0.2) is 0 Å². The molecule has 2 rings (SSSR count). The smallest absolute Gasteiger partial charge is 0.412 e. The zero-order chi connectivity index (χ0) is 15.0. The molecule has 0 spiro atoms. The maximum atomic E-state index is 13.5. The minimum absolute atomic E-state index is 0.202. The molecule has 20 heavy (non-hydrogen) atoms. The predicted molar refractivity (Wildman–Crippen MR) is 76.2 cm³/mol. The molecule has 0 radical (unpaired) electrons. The molecule has 5 heteroatoms. The lowest BCUT2D eigenvalue weighted by molar-refractivity contribution is 0.0635. The van der Waals surface area contributed by atoms with E-state index in [1.807, 2.05) is 0 Å². The Hall–Kier alpha value is -1.62. The molecule has 0 heterocycles. The van der Waals surface area contributed by atoms with Gasteiger partial charge in [-0.15, -0.1) is 0 Å². The number of rotatable bonds is 3. The van der Waals surface area contributed by atoms with Gasteiger partial charge < -0.3 is 10.5 Å². The fourth-order valence-electron chi connectivity index (χ4n) is 2.21. The normalized spacial score (nSPS) is 16.6. The Bertz CT molecular complexity index is 519. The average molecular weight is 280 g/mol. The van der Waals surface area contributed by atoms with Crippen LogP contribution in [0.1, 0.15) is 39.2 Å². The summed E-state index contributed by atoms with van der Waals surface area (Å²) in [4.78, 5) is 11.8. The van der Waals surface area contributed by atoms with Gasteiger partial charge in [0.2, 0.25) is 0 Å². The first kappa shape index (κ1) is 14.8. The Labute approximate surface area is 118 Å². The molecule has 1 saturated carbocycles. The fraction of sp³-hybridized carbons (Fsp3) is 0.533. The highest BCUT2D eigenvalue weighted by atomic mass is 19.1. The molecule has 0 aromatic heterocycles. The van der Waals surface area contributed by atoms with Crippen molar-refractivity contribution in [3.05, 3.63) is 29.6 Å². The standard InChI is InChI=1S/C15H21FN2O2/c1-14(2,3)20-13(19)18-12-5-4-10(16)8-11(12)15(9-17)6-7-15/h4-5,8H,6-7,9,17H2,1-3H3,(H,18,19). The van der Waals surface area contributed by atoms with E-state index in [-0.39, 0.29) is 11.2 Å². The lowest BCUT2D eigenvalue weighted by Crippen LogP contribution is -2.28. The number of carbonyl (C=O) groups is 1. The summed E-state index contributed by atoms with van der Waals surface area (Å²) in [6.07, 6.45) is 1.28.